The van der Waals surface area contributed by atoms with Gasteiger partial charge in [-0.1, -0.05) is 0 Å². The quantitative estimate of drug-likeness (QED) is 0.127. The number of hydrogen-bond donors (Lipinski definition) is 1. The van der Waals surface area contributed by atoms with E-state index in [0.717, 1.165) is 16.6 Å². The summed E-state index contributed by atoms with van der Waals surface area (Å²) in [5, 5.41) is 22.0. The summed E-state index contributed by atoms with van der Waals surface area (Å²) < 4.78 is 9.68. The van der Waals surface area contributed by atoms with Crippen molar-refractivity contribution < 1.29 is 28.9 Å². The highest BCUT2D eigenvalue weighted by Gasteiger charge is 2.57. The van der Waals surface area contributed by atoms with Crippen LogP contribution in [0.3, 0.4) is 0 Å². The van der Waals surface area contributed by atoms with Crippen LogP contribution in [0.4, 0.5) is 5.69 Å². The summed E-state index contributed by atoms with van der Waals surface area (Å²) in [4.78, 5) is 38.4. The Morgan fingerprint density at radius 3 is 2.71 bits per heavy atom. The number of β-lactam (4-membered cyclic amide) rings is 1. The number of nitro groups is 1. The van der Waals surface area contributed by atoms with E-state index in [4.69, 9.17) is 4.74 Å². The molecule has 1 aromatic carbocycles. The fourth-order valence-electron chi connectivity index (χ4n) is 4.49. The Labute approximate surface area is 211 Å². The van der Waals surface area contributed by atoms with Gasteiger partial charge in [-0.2, -0.15) is 0 Å². The van der Waals surface area contributed by atoms with Crippen LogP contribution in [0.15, 0.2) is 52.4 Å². The van der Waals surface area contributed by atoms with E-state index >= 15 is 0 Å². The number of hydrogen-bond acceptors (Lipinski definition) is 8. The predicted octanol–water partition coefficient (Wildman–Crippen LogP) is 2.24. The predicted molar refractivity (Wildman–Crippen MR) is 130 cm³/mol. The number of esters is 1. The second-order valence-electron chi connectivity index (χ2n) is 8.46. The number of ether oxygens (including phenoxy) is 1. The molecule has 2 aliphatic rings. The molecule has 12 heteroatoms. The van der Waals surface area contributed by atoms with Gasteiger partial charge in [0, 0.05) is 29.2 Å². The Morgan fingerprint density at radius 1 is 1.37 bits per heavy atom. The van der Waals surface area contributed by atoms with E-state index in [2.05, 4.69) is 4.57 Å². The maximum absolute atomic E-state index is 13.1. The zero-order valence-corrected chi connectivity index (χ0v) is 21.3. The van der Waals surface area contributed by atoms with Gasteiger partial charge in [-0.3, -0.25) is 14.9 Å². The van der Waals surface area contributed by atoms with E-state index in [1.165, 1.54) is 40.9 Å². The number of nitro benzene ring substituents is 1. The fourth-order valence-corrected chi connectivity index (χ4v) is 6.37. The summed E-state index contributed by atoms with van der Waals surface area (Å²) >= 11 is 3.17. The molecule has 3 heterocycles. The number of fused-ring (bicyclic) bond motifs is 1. The van der Waals surface area contributed by atoms with Crippen LogP contribution >= 0.6 is 23.5 Å². The first kappa shape index (κ1) is 25.3. The minimum atomic E-state index is -0.797. The van der Waals surface area contributed by atoms with Gasteiger partial charge in [-0.25, -0.2) is 13.9 Å². The number of nitrogens with zero attached hydrogens (tertiary/aromatic N) is 4. The smallest absolute Gasteiger partial charge is 0.356 e. The average molecular weight is 520 g/mol. The van der Waals surface area contributed by atoms with E-state index in [1.807, 2.05) is 30.3 Å². The van der Waals surface area contributed by atoms with Crippen molar-refractivity contribution in [2.45, 2.75) is 43.8 Å². The van der Waals surface area contributed by atoms with Gasteiger partial charge in [0.25, 0.3) is 5.69 Å². The van der Waals surface area contributed by atoms with Crippen LogP contribution in [-0.2, 0) is 34.5 Å². The van der Waals surface area contributed by atoms with Gasteiger partial charge in [0.15, 0.2) is 0 Å². The second-order valence-corrected chi connectivity index (χ2v) is 10.4. The van der Waals surface area contributed by atoms with E-state index in [-0.39, 0.29) is 29.9 Å². The summed E-state index contributed by atoms with van der Waals surface area (Å²) in [7, 11) is 1.99. The third kappa shape index (κ3) is 4.95. The minimum Gasteiger partial charge on any atom is -0.456 e. The molecule has 1 N–H and O–H groups in total. The topological polar surface area (TPSA) is 119 Å². The van der Waals surface area contributed by atoms with Crippen molar-refractivity contribution in [2.24, 2.45) is 13.0 Å². The lowest BCUT2D eigenvalue weighted by molar-refractivity contribution is -0.709. The summed E-state index contributed by atoms with van der Waals surface area (Å²) in [6, 6.07) is 5.52. The molecule has 1 saturated heterocycles. The molecule has 0 radical (unpaired) electrons. The molecule has 0 unspecified atom stereocenters. The SMILES string of the molecule is CSc1n(CCSC2=C(C(=O)OCc3ccc([N+](=O)[O-])cc3)N3C(=O)[C@H]([C@@H](C)O)[C@H]3C2)cc[n+]1C. The molecule has 10 nitrogen and oxygen atoms in total. The lowest BCUT2D eigenvalue weighted by atomic mass is 9.83. The largest absolute Gasteiger partial charge is 0.456 e. The van der Waals surface area contributed by atoms with Crippen molar-refractivity contribution in [1.29, 1.82) is 0 Å². The number of amides is 1. The van der Waals surface area contributed by atoms with Crippen molar-refractivity contribution in [3.63, 3.8) is 0 Å². The third-order valence-corrected chi connectivity index (χ3v) is 8.19. The van der Waals surface area contributed by atoms with Crippen molar-refractivity contribution in [3.8, 4) is 0 Å². The van der Waals surface area contributed by atoms with Gasteiger partial charge < -0.3 is 14.7 Å². The molecule has 0 saturated carbocycles. The number of carbonyl (C=O) groups excluding carboxylic acids is 2. The van der Waals surface area contributed by atoms with Crippen LogP contribution < -0.4 is 4.57 Å². The van der Waals surface area contributed by atoms with Crippen LogP contribution in [-0.4, -0.2) is 55.5 Å². The molecule has 2 aromatic rings. The molecule has 2 aliphatic heterocycles. The van der Waals surface area contributed by atoms with Gasteiger partial charge in [-0.15, -0.1) is 11.8 Å². The highest BCUT2D eigenvalue weighted by atomic mass is 32.2. The lowest BCUT2D eigenvalue weighted by Gasteiger charge is -2.44. The van der Waals surface area contributed by atoms with E-state index in [0.29, 0.717) is 17.7 Å². The molecule has 1 aromatic heterocycles. The van der Waals surface area contributed by atoms with Gasteiger partial charge in [-0.05, 0) is 42.6 Å². The zero-order valence-electron chi connectivity index (χ0n) is 19.6. The number of aromatic nitrogens is 2. The first-order valence-electron chi connectivity index (χ1n) is 11.1. The summed E-state index contributed by atoms with van der Waals surface area (Å²) in [6.07, 6.45) is 5.72. The highest BCUT2D eigenvalue weighted by molar-refractivity contribution is 8.03. The lowest BCUT2D eigenvalue weighted by Crippen LogP contribution is -2.61. The number of rotatable bonds is 10. The summed E-state index contributed by atoms with van der Waals surface area (Å²) in [6.45, 7) is 2.25. The maximum atomic E-state index is 13.1. The number of carbonyl (C=O) groups is 2. The number of benzene rings is 1. The Hall–Kier alpha value is -2.83. The Kier molecular flexibility index (Phi) is 7.53. The normalized spacial score (nSPS) is 20.0. The van der Waals surface area contributed by atoms with Gasteiger partial charge in [0.1, 0.15) is 31.2 Å². The highest BCUT2D eigenvalue weighted by Crippen LogP contribution is 2.47. The Morgan fingerprint density at radius 2 is 2.09 bits per heavy atom. The molecule has 1 amide bonds. The van der Waals surface area contributed by atoms with Crippen molar-refractivity contribution >= 4 is 41.1 Å². The Bertz CT molecular complexity index is 1180. The number of aliphatic hydroxyl groups excluding tert-OH is 1. The van der Waals surface area contributed by atoms with Crippen molar-refractivity contribution in [3.05, 3.63) is 62.9 Å². The maximum Gasteiger partial charge on any atom is 0.356 e. The van der Waals surface area contributed by atoms with Crippen molar-refractivity contribution in [2.75, 3.05) is 12.0 Å². The first-order valence-corrected chi connectivity index (χ1v) is 13.3. The van der Waals surface area contributed by atoms with Gasteiger partial charge in [0.2, 0.25) is 5.91 Å². The number of non-ortho nitro benzene ring substituents is 1. The van der Waals surface area contributed by atoms with Crippen LogP contribution in [0.1, 0.15) is 18.9 Å². The zero-order chi connectivity index (χ0) is 25.3. The fraction of sp³-hybridized carbons (Fsp3) is 0.435. The molecule has 0 bridgehead atoms. The molecule has 1 fully saturated rings. The van der Waals surface area contributed by atoms with E-state index < -0.39 is 22.9 Å². The number of imidazole rings is 1. The van der Waals surface area contributed by atoms with Gasteiger partial charge in [0.05, 0.1) is 30.0 Å². The molecule has 0 aliphatic carbocycles. The second kappa shape index (κ2) is 10.4. The summed E-state index contributed by atoms with van der Waals surface area (Å²) in [5.74, 6) is -0.713. The third-order valence-electron chi connectivity index (χ3n) is 6.21. The van der Waals surface area contributed by atoms with E-state index in [1.54, 1.807) is 18.7 Å². The van der Waals surface area contributed by atoms with Crippen LogP contribution in [0.25, 0.3) is 0 Å². The molecule has 0 spiro atoms. The van der Waals surface area contributed by atoms with Crippen LogP contribution in [0.2, 0.25) is 0 Å². The number of aryl methyl sites for hydroxylation is 2. The summed E-state index contributed by atoms with van der Waals surface area (Å²) in [5.41, 5.74) is 0.804. The van der Waals surface area contributed by atoms with Crippen LogP contribution in [0, 0.1) is 16.0 Å². The molecular formula is C23H27N4O6S2+. The van der Waals surface area contributed by atoms with Crippen molar-refractivity contribution in [1.82, 2.24) is 9.47 Å². The molecular weight excluding hydrogens is 492 g/mol. The molecule has 3 atom stereocenters. The average Bonchev–Trinajstić information content (AvgIpc) is 3.34. The molecule has 4 rings (SSSR count). The number of thioether (sulfide) groups is 2. The van der Waals surface area contributed by atoms with Gasteiger partial charge >= 0.3 is 11.1 Å². The van der Waals surface area contributed by atoms with Crippen LogP contribution in [0.5, 0.6) is 0 Å². The monoisotopic (exact) mass is 519 g/mol. The number of aliphatic hydroxyl groups is 1. The standard InChI is InChI=1S/C23H27N4O6S2/c1-14(28)19-17-12-18(35-11-10-25-9-8-24(2)23(25)34-3)20(26(17)21(19)29)22(30)33-13-15-4-6-16(7-5-15)27(31)32/h4-9,14,17,19,28H,10-13H2,1-3H3/q+1/t14-,17-,19-/m1/s1. The first-order chi connectivity index (χ1) is 16.7. The minimum absolute atomic E-state index is 0.0450. The Balaban J connectivity index is 1.47. The molecule has 35 heavy (non-hydrogen) atoms. The van der Waals surface area contributed by atoms with E-state index in [9.17, 15) is 24.8 Å². The molecule has 186 valence electrons.